The molecule has 0 saturated carbocycles. The van der Waals surface area contributed by atoms with Crippen LogP contribution in [0, 0.1) is 13.8 Å². The summed E-state index contributed by atoms with van der Waals surface area (Å²) in [6.45, 7) is 7.69. The van der Waals surface area contributed by atoms with Gasteiger partial charge in [-0.2, -0.15) is 0 Å². The number of carbonyl (C=O) groups excluding carboxylic acids is 1. The van der Waals surface area contributed by atoms with Gasteiger partial charge in [-0.25, -0.2) is 8.42 Å². The molecule has 2 aromatic rings. The van der Waals surface area contributed by atoms with Crippen LogP contribution in [0.5, 0.6) is 0 Å². The molecule has 1 fully saturated rings. The summed E-state index contributed by atoms with van der Waals surface area (Å²) in [5, 5.41) is 3.30. The van der Waals surface area contributed by atoms with Crippen molar-refractivity contribution < 1.29 is 13.2 Å². The van der Waals surface area contributed by atoms with Crippen molar-refractivity contribution >= 4 is 34.0 Å². The van der Waals surface area contributed by atoms with E-state index in [1.807, 2.05) is 19.9 Å². The fraction of sp³-hybridized carbons (Fsp3) is 0.350. The summed E-state index contributed by atoms with van der Waals surface area (Å²) < 4.78 is 28.2. The first-order valence-electron chi connectivity index (χ1n) is 8.99. The van der Waals surface area contributed by atoms with Crippen LogP contribution < -0.4 is 10.0 Å². The number of aryl methyl sites for hydroxylation is 2. The minimum Gasteiger partial charge on any atom is -0.336 e. The smallest absolute Gasteiger partial charge is 0.262 e. The highest BCUT2D eigenvalue weighted by molar-refractivity contribution is 7.92. The minimum absolute atomic E-state index is 0. The monoisotopic (exact) mass is 423 g/mol. The van der Waals surface area contributed by atoms with Crippen LogP contribution in [0.1, 0.15) is 28.4 Å². The predicted molar refractivity (Wildman–Crippen MR) is 114 cm³/mol. The van der Waals surface area contributed by atoms with Crippen molar-refractivity contribution in [1.82, 2.24) is 10.2 Å². The highest BCUT2D eigenvalue weighted by Crippen LogP contribution is 2.22. The van der Waals surface area contributed by atoms with Crippen LogP contribution in [-0.2, 0) is 10.0 Å². The molecule has 28 heavy (non-hydrogen) atoms. The summed E-state index contributed by atoms with van der Waals surface area (Å²) in [5.74, 6) is -0.0869. The average Bonchev–Trinajstić information content (AvgIpc) is 2.63. The van der Waals surface area contributed by atoms with Gasteiger partial charge in [0.25, 0.3) is 15.9 Å². The molecule has 0 aliphatic carbocycles. The molecule has 2 aromatic carbocycles. The van der Waals surface area contributed by atoms with Gasteiger partial charge in [0.1, 0.15) is 0 Å². The van der Waals surface area contributed by atoms with Crippen molar-refractivity contribution in [3.63, 3.8) is 0 Å². The lowest BCUT2D eigenvalue weighted by Crippen LogP contribution is -2.51. The molecule has 1 heterocycles. The topological polar surface area (TPSA) is 78.5 Å². The van der Waals surface area contributed by atoms with E-state index in [0.29, 0.717) is 29.9 Å². The fourth-order valence-electron chi connectivity index (χ4n) is 3.22. The third-order valence-corrected chi connectivity index (χ3v) is 6.17. The molecule has 0 bridgehead atoms. The summed E-state index contributed by atoms with van der Waals surface area (Å²) in [6.07, 6.45) is 0. The van der Waals surface area contributed by atoms with Gasteiger partial charge in [-0.05, 0) is 56.2 Å². The minimum atomic E-state index is -3.73. The molecule has 8 heteroatoms. The molecule has 0 radical (unpaired) electrons. The Kier molecular flexibility index (Phi) is 7.09. The Labute approximate surface area is 172 Å². The summed E-state index contributed by atoms with van der Waals surface area (Å²) in [7, 11) is -3.73. The van der Waals surface area contributed by atoms with Crippen LogP contribution in [0.25, 0.3) is 0 Å². The van der Waals surface area contributed by atoms with Crippen molar-refractivity contribution in [3.05, 3.63) is 59.2 Å². The first-order chi connectivity index (χ1) is 12.8. The summed E-state index contributed by atoms with van der Waals surface area (Å²) in [5.41, 5.74) is 2.41. The van der Waals surface area contributed by atoms with E-state index in [1.54, 1.807) is 48.2 Å². The van der Waals surface area contributed by atoms with Gasteiger partial charge >= 0.3 is 0 Å². The molecular formula is C20H26ClN3O3S. The second kappa shape index (κ2) is 8.94. The third kappa shape index (κ3) is 5.04. The number of nitrogens with zero attached hydrogens (tertiary/aromatic N) is 1. The lowest BCUT2D eigenvalue weighted by atomic mass is 10.1. The van der Waals surface area contributed by atoms with Crippen molar-refractivity contribution in [2.75, 3.05) is 24.4 Å². The average molecular weight is 424 g/mol. The van der Waals surface area contributed by atoms with Gasteiger partial charge in [0.05, 0.1) is 4.90 Å². The first kappa shape index (κ1) is 22.2. The number of hydrogen-bond acceptors (Lipinski definition) is 4. The van der Waals surface area contributed by atoms with E-state index in [4.69, 9.17) is 0 Å². The number of carbonyl (C=O) groups is 1. The van der Waals surface area contributed by atoms with E-state index in [9.17, 15) is 13.2 Å². The second-order valence-corrected chi connectivity index (χ2v) is 8.71. The van der Waals surface area contributed by atoms with Crippen LogP contribution in [0.15, 0.2) is 47.4 Å². The Hall–Kier alpha value is -2.09. The van der Waals surface area contributed by atoms with E-state index in [1.165, 1.54) is 0 Å². The highest BCUT2D eigenvalue weighted by atomic mass is 35.5. The van der Waals surface area contributed by atoms with Crippen molar-refractivity contribution in [3.8, 4) is 0 Å². The van der Waals surface area contributed by atoms with Crippen LogP contribution in [0.4, 0.5) is 5.69 Å². The maximum Gasteiger partial charge on any atom is 0.262 e. The van der Waals surface area contributed by atoms with Crippen molar-refractivity contribution in [2.45, 2.75) is 31.7 Å². The third-order valence-electron chi connectivity index (χ3n) is 4.65. The maximum atomic E-state index is 12.8. The zero-order valence-corrected chi connectivity index (χ0v) is 17.9. The van der Waals surface area contributed by atoms with E-state index in [0.717, 1.165) is 12.1 Å². The van der Waals surface area contributed by atoms with Crippen LogP contribution in [-0.4, -0.2) is 44.9 Å². The molecule has 1 saturated heterocycles. The Balaban J connectivity index is 0.00000280. The molecule has 1 aliphatic rings. The number of halogens is 1. The summed E-state index contributed by atoms with van der Waals surface area (Å²) in [6, 6.07) is 12.2. The number of amides is 1. The Morgan fingerprint density at radius 1 is 1.18 bits per heavy atom. The van der Waals surface area contributed by atoms with Gasteiger partial charge < -0.3 is 10.2 Å². The maximum absolute atomic E-state index is 12.8. The van der Waals surface area contributed by atoms with Gasteiger partial charge in [0.2, 0.25) is 0 Å². The largest absolute Gasteiger partial charge is 0.336 e. The molecule has 0 spiro atoms. The zero-order chi connectivity index (χ0) is 19.6. The molecule has 1 atom stereocenters. The number of anilines is 1. The number of rotatable bonds is 4. The molecule has 1 amide bonds. The fourth-order valence-corrected chi connectivity index (χ4v) is 4.60. The Morgan fingerprint density at radius 3 is 2.64 bits per heavy atom. The lowest BCUT2D eigenvalue weighted by molar-refractivity contribution is 0.0709. The van der Waals surface area contributed by atoms with E-state index >= 15 is 0 Å². The normalized spacial score (nSPS) is 17.0. The summed E-state index contributed by atoms with van der Waals surface area (Å²) >= 11 is 0. The second-order valence-electron chi connectivity index (χ2n) is 7.06. The van der Waals surface area contributed by atoms with Crippen molar-refractivity contribution in [1.29, 1.82) is 0 Å². The highest BCUT2D eigenvalue weighted by Gasteiger charge is 2.22. The number of sulfonamides is 1. The quantitative estimate of drug-likeness (QED) is 0.792. The van der Waals surface area contributed by atoms with Crippen molar-refractivity contribution in [2.24, 2.45) is 0 Å². The van der Waals surface area contributed by atoms with E-state index in [2.05, 4.69) is 10.0 Å². The Morgan fingerprint density at radius 2 is 1.93 bits per heavy atom. The number of hydrogen-bond donors (Lipinski definition) is 2. The van der Waals surface area contributed by atoms with E-state index in [-0.39, 0.29) is 29.3 Å². The van der Waals surface area contributed by atoms with Gasteiger partial charge in [-0.15, -0.1) is 12.4 Å². The van der Waals surface area contributed by atoms with Crippen LogP contribution >= 0.6 is 12.4 Å². The number of piperazine rings is 1. The van der Waals surface area contributed by atoms with Crippen LogP contribution in [0.2, 0.25) is 0 Å². The standard InChI is InChI=1S/C20H25N3O3S.ClH/c1-14-7-8-15(2)19(11-14)27(25,26)22-18-6-4-5-17(12-18)20(24)23-10-9-21-16(3)13-23;/h4-8,11-12,16,21-22H,9-10,13H2,1-3H3;1H. The molecule has 0 aromatic heterocycles. The molecule has 1 unspecified atom stereocenters. The molecule has 6 nitrogen and oxygen atoms in total. The molecule has 3 rings (SSSR count). The first-order valence-corrected chi connectivity index (χ1v) is 10.5. The number of nitrogens with one attached hydrogen (secondary N) is 2. The lowest BCUT2D eigenvalue weighted by Gasteiger charge is -2.32. The molecule has 152 valence electrons. The zero-order valence-electron chi connectivity index (χ0n) is 16.2. The number of benzene rings is 2. The summed E-state index contributed by atoms with van der Waals surface area (Å²) in [4.78, 5) is 14.8. The van der Waals surface area contributed by atoms with Gasteiger partial charge in [0.15, 0.2) is 0 Å². The molecule has 2 N–H and O–H groups in total. The molecular weight excluding hydrogens is 398 g/mol. The van der Waals surface area contributed by atoms with E-state index < -0.39 is 10.0 Å². The van der Waals surface area contributed by atoms with Crippen LogP contribution in [0.3, 0.4) is 0 Å². The predicted octanol–water partition coefficient (Wildman–Crippen LogP) is 2.96. The van der Waals surface area contributed by atoms with Gasteiger partial charge in [-0.3, -0.25) is 9.52 Å². The SMILES string of the molecule is Cc1ccc(C)c(S(=O)(=O)Nc2cccc(C(=O)N3CCNC(C)C3)c2)c1.Cl. The van der Waals surface area contributed by atoms with Gasteiger partial charge in [0, 0.05) is 36.9 Å². The Bertz CT molecular complexity index is 963. The molecule has 1 aliphatic heterocycles. The van der Waals surface area contributed by atoms with Gasteiger partial charge in [-0.1, -0.05) is 18.2 Å².